The first-order valence-corrected chi connectivity index (χ1v) is 7.39. The Morgan fingerprint density at radius 2 is 1.38 bits per heavy atom. The van der Waals surface area contributed by atoms with Gasteiger partial charge in [-0.25, -0.2) is 0 Å². The van der Waals surface area contributed by atoms with Crippen molar-refractivity contribution in [2.75, 3.05) is 0 Å². The zero-order valence-electron chi connectivity index (χ0n) is 12.8. The number of rotatable bonds is 6. The van der Waals surface area contributed by atoms with E-state index in [0.29, 0.717) is 11.5 Å². The summed E-state index contributed by atoms with van der Waals surface area (Å²) in [5.74, 6) is 0.370. The van der Waals surface area contributed by atoms with E-state index >= 15 is 0 Å². The van der Waals surface area contributed by atoms with Gasteiger partial charge >= 0.3 is 0 Å². The SMILES string of the molecule is CC(C)C(C)OC(C(=O)c1ccccc1)c1ccccc1. The smallest absolute Gasteiger partial charge is 0.196 e. The monoisotopic (exact) mass is 282 g/mol. The third-order valence-corrected chi connectivity index (χ3v) is 3.69. The van der Waals surface area contributed by atoms with Crippen LogP contribution < -0.4 is 0 Å². The van der Waals surface area contributed by atoms with E-state index in [2.05, 4.69) is 13.8 Å². The summed E-state index contributed by atoms with van der Waals surface area (Å²) in [5.41, 5.74) is 1.58. The van der Waals surface area contributed by atoms with Crippen LogP contribution in [0.5, 0.6) is 0 Å². The average molecular weight is 282 g/mol. The van der Waals surface area contributed by atoms with Crippen molar-refractivity contribution in [1.82, 2.24) is 0 Å². The number of carbonyl (C=O) groups excluding carboxylic acids is 1. The minimum absolute atomic E-state index is 0.00861. The standard InChI is InChI=1S/C19H22O2/c1-14(2)15(3)21-19(17-12-8-5-9-13-17)18(20)16-10-6-4-7-11-16/h4-15,19H,1-3H3. The second kappa shape index (κ2) is 7.19. The first-order valence-electron chi connectivity index (χ1n) is 7.39. The fourth-order valence-corrected chi connectivity index (χ4v) is 2.05. The molecule has 0 aliphatic carbocycles. The molecule has 0 N–H and O–H groups in total. The molecule has 2 atom stereocenters. The van der Waals surface area contributed by atoms with E-state index in [4.69, 9.17) is 4.74 Å². The zero-order valence-corrected chi connectivity index (χ0v) is 12.8. The normalized spacial score (nSPS) is 13.9. The molecule has 0 radical (unpaired) electrons. The summed E-state index contributed by atoms with van der Waals surface area (Å²) >= 11 is 0. The average Bonchev–Trinajstić information content (AvgIpc) is 2.53. The summed E-state index contributed by atoms with van der Waals surface area (Å²) < 4.78 is 6.06. The quantitative estimate of drug-likeness (QED) is 0.720. The van der Waals surface area contributed by atoms with Crippen molar-refractivity contribution in [2.24, 2.45) is 5.92 Å². The number of hydrogen-bond donors (Lipinski definition) is 0. The Kier molecular flexibility index (Phi) is 5.29. The van der Waals surface area contributed by atoms with Gasteiger partial charge in [-0.2, -0.15) is 0 Å². The Labute approximate surface area is 126 Å². The minimum atomic E-state index is -0.550. The molecule has 2 heteroatoms. The Bertz CT molecular complexity index is 561. The maximum atomic E-state index is 12.8. The molecule has 2 aromatic carbocycles. The maximum Gasteiger partial charge on any atom is 0.196 e. The van der Waals surface area contributed by atoms with Crippen LogP contribution in [0.1, 0.15) is 42.8 Å². The molecular formula is C19H22O2. The predicted molar refractivity (Wildman–Crippen MR) is 85.3 cm³/mol. The van der Waals surface area contributed by atoms with Crippen LogP contribution in [0, 0.1) is 5.92 Å². The van der Waals surface area contributed by atoms with Gasteiger partial charge in [0.05, 0.1) is 6.10 Å². The molecule has 2 unspecified atom stereocenters. The highest BCUT2D eigenvalue weighted by atomic mass is 16.5. The molecule has 21 heavy (non-hydrogen) atoms. The van der Waals surface area contributed by atoms with E-state index in [9.17, 15) is 4.79 Å². The van der Waals surface area contributed by atoms with Crippen molar-refractivity contribution in [3.05, 3.63) is 71.8 Å². The molecule has 0 aliphatic rings. The van der Waals surface area contributed by atoms with Crippen LogP contribution in [0.4, 0.5) is 0 Å². The number of ether oxygens (including phenoxy) is 1. The minimum Gasteiger partial charge on any atom is -0.362 e. The lowest BCUT2D eigenvalue weighted by molar-refractivity contribution is -0.0157. The summed E-state index contributed by atoms with van der Waals surface area (Å²) in [6.45, 7) is 6.21. The molecule has 0 spiro atoms. The molecule has 0 bridgehead atoms. The molecule has 0 aromatic heterocycles. The van der Waals surface area contributed by atoms with Gasteiger partial charge in [0.25, 0.3) is 0 Å². The van der Waals surface area contributed by atoms with E-state index in [0.717, 1.165) is 5.56 Å². The van der Waals surface area contributed by atoms with Gasteiger partial charge in [0.1, 0.15) is 6.10 Å². The lowest BCUT2D eigenvalue weighted by Gasteiger charge is -2.24. The summed E-state index contributed by atoms with van der Waals surface area (Å²) in [7, 11) is 0. The van der Waals surface area contributed by atoms with E-state index in [1.165, 1.54) is 0 Å². The third-order valence-electron chi connectivity index (χ3n) is 3.69. The van der Waals surface area contributed by atoms with E-state index < -0.39 is 6.10 Å². The highest BCUT2D eigenvalue weighted by Gasteiger charge is 2.25. The van der Waals surface area contributed by atoms with E-state index in [-0.39, 0.29) is 11.9 Å². The molecule has 0 heterocycles. The molecule has 2 rings (SSSR count). The molecular weight excluding hydrogens is 260 g/mol. The van der Waals surface area contributed by atoms with Crippen molar-refractivity contribution in [2.45, 2.75) is 33.0 Å². The summed E-state index contributed by atoms with van der Waals surface area (Å²) in [5, 5.41) is 0. The van der Waals surface area contributed by atoms with Gasteiger partial charge in [-0.05, 0) is 18.4 Å². The Hall–Kier alpha value is -1.93. The van der Waals surface area contributed by atoms with Crippen LogP contribution in [0.2, 0.25) is 0 Å². The van der Waals surface area contributed by atoms with Crippen molar-refractivity contribution in [1.29, 1.82) is 0 Å². The molecule has 2 aromatic rings. The highest BCUT2D eigenvalue weighted by Crippen LogP contribution is 2.25. The third kappa shape index (κ3) is 4.02. The van der Waals surface area contributed by atoms with Crippen LogP contribution in [-0.4, -0.2) is 11.9 Å². The molecule has 2 nitrogen and oxygen atoms in total. The maximum absolute atomic E-state index is 12.8. The van der Waals surface area contributed by atoms with Crippen LogP contribution >= 0.6 is 0 Å². The first-order chi connectivity index (χ1) is 10.1. The van der Waals surface area contributed by atoms with Crippen molar-refractivity contribution >= 4 is 5.78 Å². The van der Waals surface area contributed by atoms with Crippen LogP contribution in [0.3, 0.4) is 0 Å². The van der Waals surface area contributed by atoms with Crippen molar-refractivity contribution in [3.8, 4) is 0 Å². The fraction of sp³-hybridized carbons (Fsp3) is 0.316. The van der Waals surface area contributed by atoms with Gasteiger partial charge in [-0.3, -0.25) is 4.79 Å². The van der Waals surface area contributed by atoms with Gasteiger partial charge < -0.3 is 4.74 Å². The molecule has 0 fully saturated rings. The van der Waals surface area contributed by atoms with Crippen molar-refractivity contribution < 1.29 is 9.53 Å². The first kappa shape index (κ1) is 15.5. The molecule has 0 saturated carbocycles. The lowest BCUT2D eigenvalue weighted by atomic mass is 9.99. The highest BCUT2D eigenvalue weighted by molar-refractivity contribution is 6.00. The Morgan fingerprint density at radius 1 is 0.857 bits per heavy atom. The summed E-state index contributed by atoms with van der Waals surface area (Å²) in [4.78, 5) is 12.8. The zero-order chi connectivity index (χ0) is 15.2. The molecule has 0 amide bonds. The van der Waals surface area contributed by atoms with Gasteiger partial charge in [-0.1, -0.05) is 74.5 Å². The van der Waals surface area contributed by atoms with Crippen LogP contribution in [0.25, 0.3) is 0 Å². The van der Waals surface area contributed by atoms with Crippen LogP contribution in [-0.2, 0) is 4.74 Å². The van der Waals surface area contributed by atoms with E-state index in [1.807, 2.05) is 67.6 Å². The van der Waals surface area contributed by atoms with Crippen LogP contribution in [0.15, 0.2) is 60.7 Å². The van der Waals surface area contributed by atoms with Gasteiger partial charge in [-0.15, -0.1) is 0 Å². The van der Waals surface area contributed by atoms with Gasteiger partial charge in [0.2, 0.25) is 0 Å². The number of benzene rings is 2. The van der Waals surface area contributed by atoms with Gasteiger partial charge in [0.15, 0.2) is 5.78 Å². The number of carbonyl (C=O) groups is 1. The number of Topliss-reactive ketones (excluding diaryl/α,β-unsaturated/α-hetero) is 1. The molecule has 0 aliphatic heterocycles. The summed E-state index contributed by atoms with van der Waals surface area (Å²) in [6.07, 6.45) is -0.533. The Morgan fingerprint density at radius 3 is 1.90 bits per heavy atom. The molecule has 0 saturated heterocycles. The predicted octanol–water partition coefficient (Wildman–Crippen LogP) is 4.67. The topological polar surface area (TPSA) is 26.3 Å². The Balaban J connectivity index is 2.30. The second-order valence-corrected chi connectivity index (χ2v) is 5.61. The fourth-order valence-electron chi connectivity index (χ4n) is 2.05. The largest absolute Gasteiger partial charge is 0.362 e. The number of hydrogen-bond acceptors (Lipinski definition) is 2. The molecule has 110 valence electrons. The van der Waals surface area contributed by atoms with E-state index in [1.54, 1.807) is 0 Å². The lowest BCUT2D eigenvalue weighted by Crippen LogP contribution is -2.24. The van der Waals surface area contributed by atoms with Gasteiger partial charge in [0, 0.05) is 5.56 Å². The van der Waals surface area contributed by atoms with Crippen molar-refractivity contribution in [3.63, 3.8) is 0 Å². The summed E-state index contributed by atoms with van der Waals surface area (Å²) in [6, 6.07) is 19.0. The second-order valence-electron chi connectivity index (χ2n) is 5.61. The number of ketones is 1.